The molecule has 0 radical (unpaired) electrons. The third kappa shape index (κ3) is 1.53. The Morgan fingerprint density at radius 2 is 1.90 bits per heavy atom. The first-order valence-corrected chi connectivity index (χ1v) is 6.36. The van der Waals surface area contributed by atoms with Crippen LogP contribution in [0.4, 0.5) is 0 Å². The lowest BCUT2D eigenvalue weighted by Crippen LogP contribution is -2.24. The molecule has 2 heterocycles. The Labute approximate surface area is 115 Å². The molecule has 0 aliphatic heterocycles. The predicted octanol–water partition coefficient (Wildman–Crippen LogP) is 2.12. The van der Waals surface area contributed by atoms with Gasteiger partial charge >= 0.3 is 0 Å². The van der Waals surface area contributed by atoms with Crippen LogP contribution >= 0.6 is 11.3 Å². The van der Waals surface area contributed by atoms with Crippen LogP contribution in [0.1, 0.15) is 32.0 Å². The second-order valence-corrected chi connectivity index (χ2v) is 4.83. The first-order chi connectivity index (χ1) is 9.52. The lowest BCUT2D eigenvalue weighted by Gasteiger charge is -2.09. The van der Waals surface area contributed by atoms with Crippen molar-refractivity contribution in [2.75, 3.05) is 0 Å². The minimum atomic E-state index is -1.27. The summed E-state index contributed by atoms with van der Waals surface area (Å²) in [7, 11) is 0. The fourth-order valence-corrected chi connectivity index (χ4v) is 2.55. The zero-order valence-corrected chi connectivity index (χ0v) is 10.6. The van der Waals surface area contributed by atoms with Gasteiger partial charge in [-0.25, -0.2) is 0 Å². The zero-order valence-electron chi connectivity index (χ0n) is 9.75. The predicted molar refractivity (Wildman–Crippen MR) is 68.0 cm³/mol. The van der Waals surface area contributed by atoms with E-state index in [2.05, 4.69) is 0 Å². The monoisotopic (exact) mass is 290 g/mol. The molecule has 1 aliphatic rings. The molecule has 7 heteroatoms. The maximum absolute atomic E-state index is 12.2. The summed E-state index contributed by atoms with van der Waals surface area (Å²) in [5, 5.41) is 22.2. The number of thiophene rings is 1. The van der Waals surface area contributed by atoms with E-state index in [1.165, 1.54) is 11.3 Å². The molecule has 2 N–H and O–H groups in total. The van der Waals surface area contributed by atoms with Gasteiger partial charge in [0, 0.05) is 10.9 Å². The number of ketones is 3. The molecule has 0 spiro atoms. The number of aliphatic hydroxyl groups excluding tert-OH is 2. The highest BCUT2D eigenvalue weighted by molar-refractivity contribution is 7.08. The number of hydrogen-bond donors (Lipinski definition) is 2. The van der Waals surface area contributed by atoms with Crippen molar-refractivity contribution in [1.29, 1.82) is 0 Å². The first-order valence-electron chi connectivity index (χ1n) is 5.42. The van der Waals surface area contributed by atoms with E-state index in [1.54, 1.807) is 16.8 Å². The third-order valence-corrected chi connectivity index (χ3v) is 3.59. The van der Waals surface area contributed by atoms with Crippen LogP contribution in [0.3, 0.4) is 0 Å². The lowest BCUT2D eigenvalue weighted by atomic mass is 9.93. The van der Waals surface area contributed by atoms with Crippen molar-refractivity contribution >= 4 is 34.4 Å². The summed E-state index contributed by atoms with van der Waals surface area (Å²) in [4.78, 5) is 35.6. The van der Waals surface area contributed by atoms with E-state index < -0.39 is 28.9 Å². The van der Waals surface area contributed by atoms with E-state index in [-0.39, 0.29) is 16.9 Å². The van der Waals surface area contributed by atoms with Gasteiger partial charge in [-0.05, 0) is 11.4 Å². The van der Waals surface area contributed by atoms with Crippen LogP contribution in [0.2, 0.25) is 0 Å². The van der Waals surface area contributed by atoms with E-state index in [0.717, 1.165) is 6.26 Å². The van der Waals surface area contributed by atoms with Gasteiger partial charge in [-0.3, -0.25) is 14.4 Å². The van der Waals surface area contributed by atoms with Gasteiger partial charge in [-0.2, -0.15) is 11.3 Å². The lowest BCUT2D eigenvalue weighted by molar-refractivity contribution is -0.114. The highest BCUT2D eigenvalue weighted by atomic mass is 32.1. The van der Waals surface area contributed by atoms with Gasteiger partial charge in [0.05, 0.1) is 11.1 Å². The average Bonchev–Trinajstić information content (AvgIpc) is 3.10. The van der Waals surface area contributed by atoms with Crippen molar-refractivity contribution in [3.63, 3.8) is 0 Å². The van der Waals surface area contributed by atoms with E-state index in [0.29, 0.717) is 5.56 Å². The summed E-state index contributed by atoms with van der Waals surface area (Å²) in [6, 6.07) is 1.56. The van der Waals surface area contributed by atoms with Gasteiger partial charge in [0.2, 0.25) is 17.3 Å². The van der Waals surface area contributed by atoms with Crippen molar-refractivity contribution in [1.82, 2.24) is 0 Å². The normalized spacial score (nSPS) is 14.6. The van der Waals surface area contributed by atoms with Crippen LogP contribution < -0.4 is 0 Å². The van der Waals surface area contributed by atoms with Crippen LogP contribution in [-0.2, 0) is 4.79 Å². The molecule has 1 aliphatic carbocycles. The van der Waals surface area contributed by atoms with Crippen LogP contribution in [-0.4, -0.2) is 27.6 Å². The first kappa shape index (κ1) is 12.4. The fraction of sp³-hybridized carbons (Fsp3) is 0. The quantitative estimate of drug-likeness (QED) is 0.648. The minimum absolute atomic E-state index is 0.115. The zero-order chi connectivity index (χ0) is 14.4. The van der Waals surface area contributed by atoms with Crippen LogP contribution in [0.25, 0.3) is 5.76 Å². The molecule has 0 atom stereocenters. The van der Waals surface area contributed by atoms with Crippen LogP contribution in [0, 0.1) is 0 Å². The molecule has 0 saturated heterocycles. The summed E-state index contributed by atoms with van der Waals surface area (Å²) < 4.78 is 4.95. The molecule has 0 saturated carbocycles. The van der Waals surface area contributed by atoms with Gasteiger partial charge in [0.1, 0.15) is 6.26 Å². The number of carbonyl (C=O) groups excluding carboxylic acids is 3. The fourth-order valence-electron chi connectivity index (χ4n) is 1.91. The topological polar surface area (TPSA) is 105 Å². The molecule has 2 aromatic heterocycles. The van der Waals surface area contributed by atoms with Gasteiger partial charge in [0.15, 0.2) is 11.5 Å². The molecule has 2 aromatic rings. The van der Waals surface area contributed by atoms with Gasteiger partial charge in [-0.15, -0.1) is 0 Å². The average molecular weight is 290 g/mol. The van der Waals surface area contributed by atoms with Gasteiger partial charge in [0.25, 0.3) is 5.78 Å². The SMILES string of the molecule is O=C1C(=O)c2c(C(=O)c3ccsc3)coc2C(O)=C1O. The Kier molecular flexibility index (Phi) is 2.58. The molecule has 0 bridgehead atoms. The number of fused-ring (bicyclic) bond motifs is 1. The molecule has 0 amide bonds. The number of furan rings is 1. The highest BCUT2D eigenvalue weighted by Gasteiger charge is 2.39. The molecular formula is C13H6O6S. The number of carbonyl (C=O) groups is 3. The summed E-state index contributed by atoms with van der Waals surface area (Å²) >= 11 is 1.30. The van der Waals surface area contributed by atoms with Crippen molar-refractivity contribution in [3.05, 3.63) is 51.3 Å². The van der Waals surface area contributed by atoms with Gasteiger partial charge in [-0.1, -0.05) is 0 Å². The summed E-state index contributed by atoms with van der Waals surface area (Å²) in [5.41, 5.74) is -0.0885. The molecule has 100 valence electrons. The highest BCUT2D eigenvalue weighted by Crippen LogP contribution is 2.31. The van der Waals surface area contributed by atoms with Crippen molar-refractivity contribution < 1.29 is 29.0 Å². The molecule has 0 aromatic carbocycles. The molecule has 0 fully saturated rings. The minimum Gasteiger partial charge on any atom is -0.502 e. The van der Waals surface area contributed by atoms with Crippen molar-refractivity contribution in [3.8, 4) is 0 Å². The van der Waals surface area contributed by atoms with Crippen molar-refractivity contribution in [2.24, 2.45) is 0 Å². The Morgan fingerprint density at radius 1 is 1.15 bits per heavy atom. The van der Waals surface area contributed by atoms with E-state index in [4.69, 9.17) is 4.42 Å². The second kappa shape index (κ2) is 4.17. The smallest absolute Gasteiger partial charge is 0.271 e. The molecule has 20 heavy (non-hydrogen) atoms. The maximum atomic E-state index is 12.2. The Bertz CT molecular complexity index is 778. The second-order valence-electron chi connectivity index (χ2n) is 4.05. The standard InChI is InChI=1S/C13H6O6S/c14-8(5-1-2-20-4-5)6-3-19-13-7(6)9(15)10(16)11(17)12(13)18/h1-4,17-18H. The third-order valence-electron chi connectivity index (χ3n) is 2.91. The van der Waals surface area contributed by atoms with E-state index >= 15 is 0 Å². The maximum Gasteiger partial charge on any atom is 0.271 e. The Balaban J connectivity index is 2.20. The molecule has 3 rings (SSSR count). The molecule has 0 unspecified atom stereocenters. The van der Waals surface area contributed by atoms with Gasteiger partial charge < -0.3 is 14.6 Å². The largest absolute Gasteiger partial charge is 0.502 e. The van der Waals surface area contributed by atoms with Crippen LogP contribution in [0.5, 0.6) is 0 Å². The Hall–Kier alpha value is -2.67. The van der Waals surface area contributed by atoms with E-state index in [9.17, 15) is 24.6 Å². The Morgan fingerprint density at radius 3 is 2.55 bits per heavy atom. The molecule has 6 nitrogen and oxygen atoms in total. The van der Waals surface area contributed by atoms with Crippen LogP contribution in [0.15, 0.2) is 33.3 Å². The number of allylic oxidation sites excluding steroid dienone is 1. The number of rotatable bonds is 2. The van der Waals surface area contributed by atoms with E-state index in [1.807, 2.05) is 0 Å². The number of Topliss-reactive ketones (excluding diaryl/α,β-unsaturated/α-hetero) is 2. The number of hydrogen-bond acceptors (Lipinski definition) is 7. The number of aliphatic hydroxyl groups is 2. The summed E-state index contributed by atoms with van der Waals surface area (Å²) in [6.07, 6.45) is 0.991. The molecular weight excluding hydrogens is 284 g/mol. The van der Waals surface area contributed by atoms with Crippen molar-refractivity contribution in [2.45, 2.75) is 0 Å². The summed E-state index contributed by atoms with van der Waals surface area (Å²) in [6.45, 7) is 0. The summed E-state index contributed by atoms with van der Waals surface area (Å²) in [5.74, 6) is -5.13.